The summed E-state index contributed by atoms with van der Waals surface area (Å²) in [4.78, 5) is 22.7. The van der Waals surface area contributed by atoms with Gasteiger partial charge in [0.1, 0.15) is 0 Å². The van der Waals surface area contributed by atoms with Crippen LogP contribution in [0.1, 0.15) is 17.3 Å². The first-order valence-corrected chi connectivity index (χ1v) is 7.79. The molecule has 21 heavy (non-hydrogen) atoms. The molecule has 1 aromatic rings. The molecule has 8 nitrogen and oxygen atoms in total. The zero-order chi connectivity index (χ0) is 16.2. The van der Waals surface area contributed by atoms with Gasteiger partial charge in [0.05, 0.1) is 12.4 Å². The molecule has 0 bridgehead atoms. The van der Waals surface area contributed by atoms with Gasteiger partial charge < -0.3 is 15.5 Å². The maximum Gasteiger partial charge on any atom is 0.328 e. The Morgan fingerprint density at radius 2 is 1.71 bits per heavy atom. The number of aliphatic hydroxyl groups excluding tert-OH is 1. The Morgan fingerprint density at radius 3 is 2.10 bits per heavy atom. The first-order valence-electron chi connectivity index (χ1n) is 5.90. The number of carboxylic acid groups (broad SMARTS) is 1. The Labute approximate surface area is 121 Å². The lowest BCUT2D eigenvalue weighted by Crippen LogP contribution is -2.47. The quantitative estimate of drug-likeness (QED) is 0.565. The highest BCUT2D eigenvalue weighted by Gasteiger charge is 2.25. The molecule has 0 spiro atoms. The molecule has 0 aliphatic rings. The van der Waals surface area contributed by atoms with Crippen LogP contribution in [0.2, 0.25) is 0 Å². The van der Waals surface area contributed by atoms with Crippen LogP contribution < -0.4 is 10.0 Å². The van der Waals surface area contributed by atoms with Crippen LogP contribution in [0, 0.1) is 0 Å². The van der Waals surface area contributed by atoms with Crippen molar-refractivity contribution in [2.75, 3.05) is 11.0 Å². The van der Waals surface area contributed by atoms with Crippen molar-refractivity contribution < 1.29 is 28.2 Å². The molecule has 0 radical (unpaired) electrons. The van der Waals surface area contributed by atoms with Crippen LogP contribution in [0.15, 0.2) is 24.3 Å². The molecule has 1 rings (SSSR count). The maximum atomic E-state index is 11.8. The number of rotatable bonds is 6. The molecule has 116 valence electrons. The van der Waals surface area contributed by atoms with E-state index in [1.807, 2.05) is 0 Å². The average molecular weight is 316 g/mol. The van der Waals surface area contributed by atoms with Crippen LogP contribution >= 0.6 is 0 Å². The Bertz CT molecular complexity index is 624. The molecule has 0 aliphatic carbocycles. The van der Waals surface area contributed by atoms with Crippen molar-refractivity contribution in [1.82, 2.24) is 5.32 Å². The smallest absolute Gasteiger partial charge is 0.328 e. The molecular formula is C12H16N2O6S. The number of hydrogen-bond donors (Lipinski definition) is 4. The molecule has 0 heterocycles. The Hall–Kier alpha value is -2.13. The minimum Gasteiger partial charge on any atom is -0.480 e. The lowest BCUT2D eigenvalue weighted by Gasteiger charge is -2.17. The van der Waals surface area contributed by atoms with Crippen LogP contribution in [0.4, 0.5) is 5.69 Å². The zero-order valence-electron chi connectivity index (χ0n) is 11.4. The minimum absolute atomic E-state index is 0.140. The van der Waals surface area contributed by atoms with E-state index in [9.17, 15) is 23.1 Å². The maximum absolute atomic E-state index is 11.8. The number of aliphatic carboxylic acids is 1. The summed E-state index contributed by atoms with van der Waals surface area (Å²) in [7, 11) is -3.41. The number of carbonyl (C=O) groups is 2. The topological polar surface area (TPSA) is 133 Å². The third-order valence-electron chi connectivity index (χ3n) is 2.49. The predicted octanol–water partition coefficient (Wildman–Crippen LogP) is -0.378. The molecule has 1 amide bonds. The number of carboxylic acids is 1. The van der Waals surface area contributed by atoms with Gasteiger partial charge in [-0.15, -0.1) is 0 Å². The third kappa shape index (κ3) is 5.40. The van der Waals surface area contributed by atoms with Crippen LogP contribution in [0.5, 0.6) is 0 Å². The van der Waals surface area contributed by atoms with Crippen LogP contribution in [-0.2, 0) is 14.8 Å². The number of hydrogen-bond acceptors (Lipinski definition) is 5. The van der Waals surface area contributed by atoms with Crippen LogP contribution in [0.25, 0.3) is 0 Å². The van der Waals surface area contributed by atoms with Gasteiger partial charge in [-0.25, -0.2) is 13.2 Å². The van der Waals surface area contributed by atoms with Crippen molar-refractivity contribution in [3.8, 4) is 0 Å². The van der Waals surface area contributed by atoms with E-state index in [0.717, 1.165) is 6.26 Å². The molecule has 0 aliphatic heterocycles. The molecule has 4 N–H and O–H groups in total. The van der Waals surface area contributed by atoms with Crippen LogP contribution in [-0.4, -0.2) is 48.9 Å². The molecule has 0 saturated heterocycles. The summed E-state index contributed by atoms with van der Waals surface area (Å²) in [6.45, 7) is 1.25. The molecule has 1 aromatic carbocycles. The van der Waals surface area contributed by atoms with Crippen molar-refractivity contribution in [2.45, 2.75) is 19.1 Å². The fourth-order valence-electron chi connectivity index (χ4n) is 1.52. The fraction of sp³-hybridized carbons (Fsp3) is 0.333. The molecule has 2 atom stereocenters. The zero-order valence-corrected chi connectivity index (χ0v) is 12.2. The third-order valence-corrected chi connectivity index (χ3v) is 3.09. The number of sulfonamides is 1. The monoisotopic (exact) mass is 316 g/mol. The Kier molecular flexibility index (Phi) is 5.28. The number of aliphatic hydroxyl groups is 1. The van der Waals surface area contributed by atoms with Crippen molar-refractivity contribution in [3.05, 3.63) is 29.8 Å². The molecular weight excluding hydrogens is 300 g/mol. The number of benzene rings is 1. The summed E-state index contributed by atoms with van der Waals surface area (Å²) in [5.74, 6) is -2.04. The average Bonchev–Trinajstić information content (AvgIpc) is 2.33. The minimum atomic E-state index is -3.41. The van der Waals surface area contributed by atoms with E-state index in [2.05, 4.69) is 10.0 Å². The van der Waals surface area contributed by atoms with Gasteiger partial charge in [0.2, 0.25) is 10.0 Å². The highest BCUT2D eigenvalue weighted by molar-refractivity contribution is 7.92. The van der Waals surface area contributed by atoms with Gasteiger partial charge in [-0.05, 0) is 31.2 Å². The number of amides is 1. The van der Waals surface area contributed by atoms with E-state index in [0.29, 0.717) is 0 Å². The second kappa shape index (κ2) is 6.55. The van der Waals surface area contributed by atoms with E-state index in [1.54, 1.807) is 0 Å². The largest absolute Gasteiger partial charge is 0.480 e. The molecule has 0 fully saturated rings. The highest BCUT2D eigenvalue weighted by Crippen LogP contribution is 2.11. The lowest BCUT2D eigenvalue weighted by atomic mass is 10.1. The summed E-state index contributed by atoms with van der Waals surface area (Å²) in [5.41, 5.74) is 0.417. The fourth-order valence-corrected chi connectivity index (χ4v) is 2.08. The van der Waals surface area contributed by atoms with Gasteiger partial charge in [0.25, 0.3) is 5.91 Å². The van der Waals surface area contributed by atoms with Crippen molar-refractivity contribution in [2.24, 2.45) is 0 Å². The van der Waals surface area contributed by atoms with E-state index in [4.69, 9.17) is 5.11 Å². The predicted molar refractivity (Wildman–Crippen MR) is 75.5 cm³/mol. The van der Waals surface area contributed by atoms with Crippen LogP contribution in [0.3, 0.4) is 0 Å². The van der Waals surface area contributed by atoms with Gasteiger partial charge in [-0.3, -0.25) is 9.52 Å². The van der Waals surface area contributed by atoms with Crippen molar-refractivity contribution >= 4 is 27.6 Å². The normalized spacial score (nSPS) is 14.0. The summed E-state index contributed by atoms with van der Waals surface area (Å²) >= 11 is 0. The SMILES string of the molecule is C[C@@H](O)[C@H](NC(=O)c1ccc(NS(C)(=O)=O)cc1)C(=O)O. The number of carbonyl (C=O) groups excluding carboxylic acids is 1. The van der Waals surface area contributed by atoms with Gasteiger partial charge in [0, 0.05) is 11.3 Å². The van der Waals surface area contributed by atoms with E-state index in [1.165, 1.54) is 31.2 Å². The molecule has 9 heteroatoms. The summed E-state index contributed by atoms with van der Waals surface area (Å²) < 4.78 is 24.3. The number of anilines is 1. The highest BCUT2D eigenvalue weighted by atomic mass is 32.2. The van der Waals surface area contributed by atoms with Gasteiger partial charge >= 0.3 is 5.97 Å². The van der Waals surface area contributed by atoms with Crippen molar-refractivity contribution in [1.29, 1.82) is 0 Å². The Balaban J connectivity index is 2.82. The molecule has 0 aromatic heterocycles. The standard InChI is InChI=1S/C12H16N2O6S/c1-7(15)10(12(17)18)13-11(16)8-3-5-9(6-4-8)14-21(2,19)20/h3-7,10,14-15H,1-2H3,(H,13,16)(H,17,18)/t7-,10+/m1/s1. The van der Waals surface area contributed by atoms with E-state index >= 15 is 0 Å². The second-order valence-corrected chi connectivity index (χ2v) is 6.23. The number of nitrogens with one attached hydrogen (secondary N) is 2. The van der Waals surface area contributed by atoms with Crippen molar-refractivity contribution in [3.63, 3.8) is 0 Å². The molecule has 0 saturated carbocycles. The van der Waals surface area contributed by atoms with E-state index in [-0.39, 0.29) is 11.3 Å². The van der Waals surface area contributed by atoms with E-state index < -0.39 is 34.0 Å². The summed E-state index contributed by atoms with van der Waals surface area (Å²) in [5, 5.41) is 20.3. The summed E-state index contributed by atoms with van der Waals surface area (Å²) in [6, 6.07) is 3.99. The Morgan fingerprint density at radius 1 is 1.19 bits per heavy atom. The summed E-state index contributed by atoms with van der Waals surface area (Å²) in [6.07, 6.45) is -0.258. The second-order valence-electron chi connectivity index (χ2n) is 4.48. The van der Waals surface area contributed by atoms with Gasteiger partial charge in [0.15, 0.2) is 6.04 Å². The van der Waals surface area contributed by atoms with Gasteiger partial charge in [-0.1, -0.05) is 0 Å². The first kappa shape index (κ1) is 16.9. The lowest BCUT2D eigenvalue weighted by molar-refractivity contribution is -0.141. The first-order chi connectivity index (χ1) is 9.60. The van der Waals surface area contributed by atoms with Gasteiger partial charge in [-0.2, -0.15) is 0 Å². The molecule has 0 unspecified atom stereocenters.